The molecule has 21 heavy (non-hydrogen) atoms. The number of hydrogen-bond donors (Lipinski definition) is 2. The van der Waals surface area contributed by atoms with Crippen LogP contribution < -0.4 is 16.0 Å². The molecule has 0 amide bonds. The Balaban J connectivity index is 2.22. The highest BCUT2D eigenvalue weighted by Crippen LogP contribution is 2.26. The SMILES string of the molecule is COc1ccc2c(-c3ccc(CN)cc3)n[nH]c(=O)c2c1. The Hall–Kier alpha value is -2.66. The molecule has 3 rings (SSSR count). The Labute approximate surface area is 121 Å². The van der Waals surface area contributed by atoms with Crippen LogP contribution >= 0.6 is 0 Å². The predicted octanol–water partition coefficient (Wildman–Crippen LogP) is 2.06. The van der Waals surface area contributed by atoms with E-state index in [4.69, 9.17) is 10.5 Å². The van der Waals surface area contributed by atoms with Crippen molar-refractivity contribution < 1.29 is 4.74 Å². The Morgan fingerprint density at radius 3 is 2.57 bits per heavy atom. The van der Waals surface area contributed by atoms with Crippen LogP contribution in [0.1, 0.15) is 5.56 Å². The molecule has 0 aliphatic carbocycles. The van der Waals surface area contributed by atoms with Crippen molar-refractivity contribution in [3.63, 3.8) is 0 Å². The highest BCUT2D eigenvalue weighted by molar-refractivity contribution is 5.94. The van der Waals surface area contributed by atoms with Gasteiger partial charge < -0.3 is 10.5 Å². The second kappa shape index (κ2) is 5.38. The minimum Gasteiger partial charge on any atom is -0.497 e. The maximum atomic E-state index is 11.9. The van der Waals surface area contributed by atoms with Crippen molar-refractivity contribution in [3.8, 4) is 17.0 Å². The summed E-state index contributed by atoms with van der Waals surface area (Å²) in [7, 11) is 1.57. The van der Waals surface area contributed by atoms with Crippen molar-refractivity contribution in [2.45, 2.75) is 6.54 Å². The largest absolute Gasteiger partial charge is 0.497 e. The van der Waals surface area contributed by atoms with Gasteiger partial charge in [0.15, 0.2) is 0 Å². The Morgan fingerprint density at radius 1 is 1.14 bits per heavy atom. The standard InChI is InChI=1S/C16H15N3O2/c1-21-12-6-7-13-14(8-12)16(20)19-18-15(13)11-4-2-10(9-17)3-5-11/h2-8H,9,17H2,1H3,(H,19,20). The minimum atomic E-state index is -0.230. The summed E-state index contributed by atoms with van der Waals surface area (Å²) in [5.74, 6) is 0.642. The molecule has 2 aromatic carbocycles. The van der Waals surface area contributed by atoms with Crippen LogP contribution in [0.25, 0.3) is 22.0 Å². The van der Waals surface area contributed by atoms with Gasteiger partial charge in [-0.25, -0.2) is 5.10 Å². The lowest BCUT2D eigenvalue weighted by atomic mass is 10.0. The van der Waals surface area contributed by atoms with Gasteiger partial charge >= 0.3 is 0 Å². The number of rotatable bonds is 3. The minimum absolute atomic E-state index is 0.230. The summed E-state index contributed by atoms with van der Waals surface area (Å²) in [4.78, 5) is 11.9. The van der Waals surface area contributed by atoms with E-state index in [9.17, 15) is 4.79 Å². The van der Waals surface area contributed by atoms with E-state index in [0.29, 0.717) is 17.7 Å². The summed E-state index contributed by atoms with van der Waals surface area (Å²) in [5.41, 5.74) is 8.09. The van der Waals surface area contributed by atoms with E-state index in [2.05, 4.69) is 10.2 Å². The summed E-state index contributed by atoms with van der Waals surface area (Å²) in [6.07, 6.45) is 0. The molecule has 3 aromatic rings. The van der Waals surface area contributed by atoms with Crippen molar-refractivity contribution in [1.29, 1.82) is 0 Å². The Bertz CT molecular complexity index is 838. The molecule has 0 fully saturated rings. The average Bonchev–Trinajstić information content (AvgIpc) is 2.55. The van der Waals surface area contributed by atoms with E-state index >= 15 is 0 Å². The van der Waals surface area contributed by atoms with Crippen LogP contribution in [-0.2, 0) is 6.54 Å². The van der Waals surface area contributed by atoms with Crippen LogP contribution in [0.3, 0.4) is 0 Å². The second-order valence-corrected chi connectivity index (χ2v) is 4.71. The predicted molar refractivity (Wildman–Crippen MR) is 82.2 cm³/mol. The first-order valence-electron chi connectivity index (χ1n) is 6.58. The van der Waals surface area contributed by atoms with Gasteiger partial charge in [0, 0.05) is 17.5 Å². The number of H-pyrrole nitrogens is 1. The topological polar surface area (TPSA) is 81.0 Å². The molecule has 0 saturated heterocycles. The van der Waals surface area contributed by atoms with Crippen molar-refractivity contribution in [3.05, 3.63) is 58.4 Å². The van der Waals surface area contributed by atoms with Crippen molar-refractivity contribution in [2.24, 2.45) is 5.73 Å². The zero-order chi connectivity index (χ0) is 14.8. The molecule has 1 heterocycles. The van der Waals surface area contributed by atoms with Crippen LogP contribution in [0.2, 0.25) is 0 Å². The van der Waals surface area contributed by atoms with Crippen molar-refractivity contribution in [2.75, 3.05) is 7.11 Å². The fourth-order valence-corrected chi connectivity index (χ4v) is 2.29. The fourth-order valence-electron chi connectivity index (χ4n) is 2.29. The molecule has 0 atom stereocenters. The Kier molecular flexibility index (Phi) is 3.41. The van der Waals surface area contributed by atoms with E-state index in [1.807, 2.05) is 36.4 Å². The molecule has 106 valence electrons. The summed E-state index contributed by atoms with van der Waals surface area (Å²) in [5, 5.41) is 8.06. The lowest BCUT2D eigenvalue weighted by Crippen LogP contribution is -2.09. The van der Waals surface area contributed by atoms with Gasteiger partial charge in [0.1, 0.15) is 5.75 Å². The molecule has 3 N–H and O–H groups in total. The van der Waals surface area contributed by atoms with E-state index in [-0.39, 0.29) is 5.56 Å². The van der Waals surface area contributed by atoms with Crippen LogP contribution in [-0.4, -0.2) is 17.3 Å². The summed E-state index contributed by atoms with van der Waals surface area (Å²) in [6, 6.07) is 13.2. The van der Waals surface area contributed by atoms with Crippen LogP contribution in [0.5, 0.6) is 5.75 Å². The smallest absolute Gasteiger partial charge is 0.272 e. The first kappa shape index (κ1) is 13.3. The number of aromatic amines is 1. The fraction of sp³-hybridized carbons (Fsp3) is 0.125. The maximum absolute atomic E-state index is 11.9. The third-order valence-electron chi connectivity index (χ3n) is 3.46. The highest BCUT2D eigenvalue weighted by atomic mass is 16.5. The molecule has 0 unspecified atom stereocenters. The molecular weight excluding hydrogens is 266 g/mol. The van der Waals surface area contributed by atoms with Gasteiger partial charge in [0.25, 0.3) is 5.56 Å². The highest BCUT2D eigenvalue weighted by Gasteiger charge is 2.09. The van der Waals surface area contributed by atoms with Gasteiger partial charge in [0.2, 0.25) is 0 Å². The Morgan fingerprint density at radius 2 is 1.90 bits per heavy atom. The number of ether oxygens (including phenoxy) is 1. The molecule has 0 bridgehead atoms. The van der Waals surface area contributed by atoms with E-state index in [1.165, 1.54) is 0 Å². The number of benzene rings is 2. The first-order chi connectivity index (χ1) is 10.2. The molecule has 0 aliphatic rings. The van der Waals surface area contributed by atoms with Gasteiger partial charge in [-0.2, -0.15) is 5.10 Å². The monoisotopic (exact) mass is 281 g/mol. The molecule has 0 aliphatic heterocycles. The first-order valence-corrected chi connectivity index (χ1v) is 6.58. The quantitative estimate of drug-likeness (QED) is 0.770. The number of nitrogens with one attached hydrogen (secondary N) is 1. The zero-order valence-electron chi connectivity index (χ0n) is 11.6. The van der Waals surface area contributed by atoms with Crippen LogP contribution in [0.15, 0.2) is 47.3 Å². The van der Waals surface area contributed by atoms with E-state index in [1.54, 1.807) is 13.2 Å². The van der Waals surface area contributed by atoms with Gasteiger partial charge in [0.05, 0.1) is 18.2 Å². The molecule has 1 aromatic heterocycles. The zero-order valence-corrected chi connectivity index (χ0v) is 11.6. The maximum Gasteiger partial charge on any atom is 0.272 e. The summed E-state index contributed by atoms with van der Waals surface area (Å²) < 4.78 is 5.17. The van der Waals surface area contributed by atoms with Gasteiger partial charge in [-0.3, -0.25) is 4.79 Å². The third kappa shape index (κ3) is 2.39. The molecule has 0 radical (unpaired) electrons. The van der Waals surface area contributed by atoms with Crippen LogP contribution in [0, 0.1) is 0 Å². The third-order valence-corrected chi connectivity index (χ3v) is 3.46. The van der Waals surface area contributed by atoms with Crippen molar-refractivity contribution in [1.82, 2.24) is 10.2 Å². The van der Waals surface area contributed by atoms with Gasteiger partial charge in [-0.05, 0) is 23.8 Å². The molecule has 5 heteroatoms. The molecule has 0 saturated carbocycles. The average molecular weight is 281 g/mol. The van der Waals surface area contributed by atoms with Crippen molar-refractivity contribution >= 4 is 10.8 Å². The molecule has 0 spiro atoms. The van der Waals surface area contributed by atoms with Gasteiger partial charge in [-0.1, -0.05) is 24.3 Å². The number of nitrogens with two attached hydrogens (primary N) is 1. The van der Waals surface area contributed by atoms with E-state index < -0.39 is 0 Å². The number of aromatic nitrogens is 2. The number of hydrogen-bond acceptors (Lipinski definition) is 4. The lowest BCUT2D eigenvalue weighted by Gasteiger charge is -2.07. The normalized spacial score (nSPS) is 10.8. The van der Waals surface area contributed by atoms with E-state index in [0.717, 1.165) is 22.2 Å². The number of nitrogens with zero attached hydrogens (tertiary/aromatic N) is 1. The molecular formula is C16H15N3O2. The van der Waals surface area contributed by atoms with Crippen LogP contribution in [0.4, 0.5) is 0 Å². The second-order valence-electron chi connectivity index (χ2n) is 4.71. The molecule has 5 nitrogen and oxygen atoms in total. The number of fused-ring (bicyclic) bond motifs is 1. The number of methoxy groups -OCH3 is 1. The van der Waals surface area contributed by atoms with Gasteiger partial charge in [-0.15, -0.1) is 0 Å². The summed E-state index contributed by atoms with van der Waals surface area (Å²) in [6.45, 7) is 0.497. The summed E-state index contributed by atoms with van der Waals surface area (Å²) >= 11 is 0. The lowest BCUT2D eigenvalue weighted by molar-refractivity contribution is 0.415.